The molecule has 0 aliphatic carbocycles. The number of H-pyrrole nitrogens is 1. The van der Waals surface area contributed by atoms with Crippen molar-refractivity contribution in [1.29, 1.82) is 0 Å². The highest BCUT2D eigenvalue weighted by Gasteiger charge is 2.27. The van der Waals surface area contributed by atoms with E-state index in [9.17, 15) is 13.2 Å². The minimum atomic E-state index is -3.67. The first-order valence-electron chi connectivity index (χ1n) is 6.56. The van der Waals surface area contributed by atoms with E-state index in [4.69, 9.17) is 5.11 Å². The summed E-state index contributed by atoms with van der Waals surface area (Å²) in [5, 5.41) is 8.85. The molecule has 1 aromatic heterocycles. The first kappa shape index (κ1) is 16.7. The maximum atomic E-state index is 12.6. The Bertz CT molecular complexity index is 551. The van der Waals surface area contributed by atoms with Crippen LogP contribution in [0.2, 0.25) is 0 Å². The second-order valence-corrected chi connectivity index (χ2v) is 7.60. The van der Waals surface area contributed by atoms with Crippen LogP contribution in [0, 0.1) is 11.8 Å². The number of aromatic amines is 1. The first-order chi connectivity index (χ1) is 9.14. The van der Waals surface area contributed by atoms with E-state index in [-0.39, 0.29) is 22.4 Å². The van der Waals surface area contributed by atoms with Crippen LogP contribution in [0.1, 0.15) is 38.2 Å². The van der Waals surface area contributed by atoms with E-state index in [0.29, 0.717) is 13.1 Å². The Kier molecular flexibility index (Phi) is 5.35. The van der Waals surface area contributed by atoms with Crippen LogP contribution in [-0.4, -0.2) is 41.9 Å². The molecule has 0 aliphatic rings. The molecule has 0 amide bonds. The van der Waals surface area contributed by atoms with Gasteiger partial charge in [-0.1, -0.05) is 27.7 Å². The van der Waals surface area contributed by atoms with Gasteiger partial charge in [0.25, 0.3) is 0 Å². The lowest BCUT2D eigenvalue weighted by atomic mass is 10.2. The molecule has 0 saturated carbocycles. The molecule has 20 heavy (non-hydrogen) atoms. The molecule has 0 spiro atoms. The molecule has 1 heterocycles. The van der Waals surface area contributed by atoms with Crippen molar-refractivity contribution in [1.82, 2.24) is 9.29 Å². The van der Waals surface area contributed by atoms with Crippen LogP contribution in [0.4, 0.5) is 0 Å². The molecule has 0 aliphatic heterocycles. The third-order valence-corrected chi connectivity index (χ3v) is 4.47. The van der Waals surface area contributed by atoms with Gasteiger partial charge in [-0.15, -0.1) is 0 Å². The van der Waals surface area contributed by atoms with Crippen LogP contribution in [-0.2, 0) is 10.0 Å². The normalized spacial score (nSPS) is 12.6. The van der Waals surface area contributed by atoms with Gasteiger partial charge in [-0.25, -0.2) is 13.2 Å². The number of hydrogen-bond donors (Lipinski definition) is 2. The molecule has 1 rings (SSSR count). The van der Waals surface area contributed by atoms with Crippen molar-refractivity contribution >= 4 is 16.0 Å². The monoisotopic (exact) mass is 302 g/mol. The summed E-state index contributed by atoms with van der Waals surface area (Å²) < 4.78 is 26.5. The number of carboxylic acid groups (broad SMARTS) is 1. The standard InChI is InChI=1S/C13H22N2O4S/c1-9(2)7-15(8-10(3)4)20(18,19)11-5-12(13(16)17)14-6-11/h5-6,9-10,14H,7-8H2,1-4H3,(H,16,17). The van der Waals surface area contributed by atoms with Crippen LogP contribution in [0.5, 0.6) is 0 Å². The largest absolute Gasteiger partial charge is 0.477 e. The number of aromatic carboxylic acids is 1. The molecule has 0 aromatic carbocycles. The summed E-state index contributed by atoms with van der Waals surface area (Å²) in [6, 6.07) is 1.16. The van der Waals surface area contributed by atoms with Gasteiger partial charge in [-0.2, -0.15) is 4.31 Å². The van der Waals surface area contributed by atoms with Crippen molar-refractivity contribution in [3.05, 3.63) is 18.0 Å². The van der Waals surface area contributed by atoms with Crippen LogP contribution in [0.3, 0.4) is 0 Å². The summed E-state index contributed by atoms with van der Waals surface area (Å²) in [6.45, 7) is 8.61. The minimum absolute atomic E-state index is 0.00352. The van der Waals surface area contributed by atoms with Gasteiger partial charge in [-0.05, 0) is 17.9 Å². The lowest BCUT2D eigenvalue weighted by Crippen LogP contribution is -2.36. The third kappa shape index (κ3) is 4.08. The number of hydrogen-bond acceptors (Lipinski definition) is 3. The number of carbonyl (C=O) groups is 1. The number of sulfonamides is 1. The Morgan fingerprint density at radius 1 is 1.25 bits per heavy atom. The third-order valence-electron chi connectivity index (χ3n) is 2.66. The maximum Gasteiger partial charge on any atom is 0.352 e. The van der Waals surface area contributed by atoms with E-state index in [1.807, 2.05) is 27.7 Å². The molecule has 7 heteroatoms. The molecule has 0 atom stereocenters. The lowest BCUT2D eigenvalue weighted by molar-refractivity contribution is 0.0691. The van der Waals surface area contributed by atoms with E-state index >= 15 is 0 Å². The van der Waals surface area contributed by atoms with E-state index in [2.05, 4.69) is 4.98 Å². The molecule has 0 unspecified atom stereocenters. The molecule has 1 aromatic rings. The zero-order valence-corrected chi connectivity index (χ0v) is 13.1. The average molecular weight is 302 g/mol. The quantitative estimate of drug-likeness (QED) is 0.806. The Morgan fingerprint density at radius 2 is 1.75 bits per heavy atom. The van der Waals surface area contributed by atoms with Gasteiger partial charge in [0.05, 0.1) is 0 Å². The van der Waals surface area contributed by atoms with Crippen molar-refractivity contribution in [3.63, 3.8) is 0 Å². The highest BCUT2D eigenvalue weighted by atomic mass is 32.2. The van der Waals surface area contributed by atoms with E-state index in [1.165, 1.54) is 10.5 Å². The lowest BCUT2D eigenvalue weighted by Gasteiger charge is -2.25. The van der Waals surface area contributed by atoms with Crippen LogP contribution in [0.15, 0.2) is 17.2 Å². The summed E-state index contributed by atoms with van der Waals surface area (Å²) in [4.78, 5) is 13.3. The molecule has 114 valence electrons. The summed E-state index contributed by atoms with van der Waals surface area (Å²) in [5.41, 5.74) is -0.127. The van der Waals surface area contributed by atoms with Crippen molar-refractivity contribution < 1.29 is 18.3 Å². The Hall–Kier alpha value is -1.34. The zero-order chi connectivity index (χ0) is 15.5. The summed E-state index contributed by atoms with van der Waals surface area (Å²) in [6.07, 6.45) is 1.23. The Balaban J connectivity index is 3.10. The zero-order valence-electron chi connectivity index (χ0n) is 12.3. The molecular formula is C13H22N2O4S. The second-order valence-electron chi connectivity index (χ2n) is 5.66. The fourth-order valence-electron chi connectivity index (χ4n) is 1.88. The van der Waals surface area contributed by atoms with Crippen LogP contribution >= 0.6 is 0 Å². The fourth-order valence-corrected chi connectivity index (χ4v) is 3.64. The predicted molar refractivity (Wildman–Crippen MR) is 76.2 cm³/mol. The number of nitrogens with one attached hydrogen (secondary N) is 1. The van der Waals surface area contributed by atoms with Crippen LogP contribution in [0.25, 0.3) is 0 Å². The summed E-state index contributed by atoms with van der Waals surface area (Å²) >= 11 is 0. The molecule has 6 nitrogen and oxygen atoms in total. The number of nitrogens with zero attached hydrogens (tertiary/aromatic N) is 1. The highest BCUT2D eigenvalue weighted by molar-refractivity contribution is 7.89. The number of carboxylic acids is 1. The fraction of sp³-hybridized carbons (Fsp3) is 0.615. The molecule has 0 radical (unpaired) electrons. The van der Waals surface area contributed by atoms with E-state index in [0.717, 1.165) is 6.07 Å². The molecular weight excluding hydrogens is 280 g/mol. The van der Waals surface area contributed by atoms with Gasteiger partial charge in [-0.3, -0.25) is 0 Å². The van der Waals surface area contributed by atoms with Crippen molar-refractivity contribution in [2.24, 2.45) is 11.8 Å². The Labute approximate surface area is 119 Å². The highest BCUT2D eigenvalue weighted by Crippen LogP contribution is 2.19. The van der Waals surface area contributed by atoms with Crippen LogP contribution < -0.4 is 0 Å². The van der Waals surface area contributed by atoms with Gasteiger partial charge < -0.3 is 10.1 Å². The second kappa shape index (κ2) is 6.41. The van der Waals surface area contributed by atoms with Gasteiger partial charge in [0.1, 0.15) is 10.6 Å². The molecule has 2 N–H and O–H groups in total. The first-order valence-corrected chi connectivity index (χ1v) is 8.00. The summed E-state index contributed by atoms with van der Waals surface area (Å²) in [7, 11) is -3.67. The minimum Gasteiger partial charge on any atom is -0.477 e. The Morgan fingerprint density at radius 3 is 2.10 bits per heavy atom. The van der Waals surface area contributed by atoms with Gasteiger partial charge in [0.15, 0.2) is 0 Å². The van der Waals surface area contributed by atoms with Gasteiger partial charge in [0.2, 0.25) is 10.0 Å². The smallest absolute Gasteiger partial charge is 0.352 e. The molecule has 0 fully saturated rings. The maximum absolute atomic E-state index is 12.6. The van der Waals surface area contributed by atoms with Crippen molar-refractivity contribution in [2.45, 2.75) is 32.6 Å². The molecule has 0 saturated heterocycles. The number of rotatable bonds is 7. The number of aromatic nitrogens is 1. The molecule has 0 bridgehead atoms. The predicted octanol–water partition coefficient (Wildman–Crippen LogP) is 2.02. The van der Waals surface area contributed by atoms with E-state index < -0.39 is 16.0 Å². The van der Waals surface area contributed by atoms with Gasteiger partial charge >= 0.3 is 5.97 Å². The topological polar surface area (TPSA) is 90.5 Å². The van der Waals surface area contributed by atoms with Gasteiger partial charge in [0, 0.05) is 19.3 Å². The summed E-state index contributed by atoms with van der Waals surface area (Å²) in [5.74, 6) is -0.784. The SMILES string of the molecule is CC(C)CN(CC(C)C)S(=O)(=O)c1c[nH]c(C(=O)O)c1. The van der Waals surface area contributed by atoms with E-state index in [1.54, 1.807) is 0 Å². The van der Waals surface area contributed by atoms with Crippen molar-refractivity contribution in [3.8, 4) is 0 Å². The van der Waals surface area contributed by atoms with Crippen molar-refractivity contribution in [2.75, 3.05) is 13.1 Å². The average Bonchev–Trinajstić information content (AvgIpc) is 2.76.